The van der Waals surface area contributed by atoms with Gasteiger partial charge in [-0.2, -0.15) is 0 Å². The van der Waals surface area contributed by atoms with E-state index in [2.05, 4.69) is 0 Å². The highest BCUT2D eigenvalue weighted by Gasteiger charge is 2.21. The lowest BCUT2D eigenvalue weighted by atomic mass is 10.2. The Morgan fingerprint density at radius 3 is 2.00 bits per heavy atom. The molecular formula is C32H25NO7. The normalized spacial score (nSPS) is 10.7. The van der Waals surface area contributed by atoms with Gasteiger partial charge in [-0.1, -0.05) is 36.4 Å². The number of rotatable bonds is 7. The largest absolute Gasteiger partial charge is 0.462 e. The first-order chi connectivity index (χ1) is 19.4. The van der Waals surface area contributed by atoms with Crippen molar-refractivity contribution in [3.8, 4) is 17.2 Å². The molecule has 0 N–H and O–H groups in total. The van der Waals surface area contributed by atoms with E-state index in [0.29, 0.717) is 22.7 Å². The summed E-state index contributed by atoms with van der Waals surface area (Å²) in [4.78, 5) is 39.9. The maximum absolute atomic E-state index is 13.3. The van der Waals surface area contributed by atoms with E-state index in [1.807, 2.05) is 60.7 Å². The summed E-state index contributed by atoms with van der Waals surface area (Å²) in [5, 5.41) is 0.256. The number of carbonyl (C=O) groups excluding carboxylic acids is 2. The number of hydrogen-bond donors (Lipinski definition) is 0. The number of carbonyl (C=O) groups is 2. The van der Waals surface area contributed by atoms with Gasteiger partial charge in [-0.3, -0.25) is 4.79 Å². The quantitative estimate of drug-likeness (QED) is 0.200. The maximum atomic E-state index is 13.3. The number of nitrogens with zero attached hydrogens (tertiary/aromatic N) is 1. The number of aryl methyl sites for hydroxylation is 1. The van der Waals surface area contributed by atoms with Gasteiger partial charge in [0.1, 0.15) is 22.8 Å². The number of amides is 1. The molecule has 0 unspecified atom stereocenters. The third-order valence-corrected chi connectivity index (χ3v) is 5.99. The van der Waals surface area contributed by atoms with Crippen molar-refractivity contribution in [1.82, 2.24) is 0 Å². The van der Waals surface area contributed by atoms with E-state index in [1.165, 1.54) is 23.1 Å². The fourth-order valence-electron chi connectivity index (χ4n) is 4.10. The van der Waals surface area contributed by atoms with Crippen molar-refractivity contribution in [2.45, 2.75) is 13.8 Å². The Balaban J connectivity index is 1.40. The molecule has 1 amide bonds. The monoisotopic (exact) mass is 535 g/mol. The highest BCUT2D eigenvalue weighted by molar-refractivity contribution is 5.97. The SMILES string of the molecule is CCOC(=O)c1ccc(Oc2c(C)oc3cc(OC(=O)N(c4ccccc4)c4ccccc4)ccc3c2=O)cc1. The van der Waals surface area contributed by atoms with Crippen LogP contribution >= 0.6 is 0 Å². The molecule has 1 heterocycles. The zero-order chi connectivity index (χ0) is 28.1. The number of anilines is 2. The molecule has 40 heavy (non-hydrogen) atoms. The molecule has 0 bridgehead atoms. The first-order valence-corrected chi connectivity index (χ1v) is 12.6. The van der Waals surface area contributed by atoms with Gasteiger partial charge in [0.15, 0.2) is 0 Å². The van der Waals surface area contributed by atoms with Crippen molar-refractivity contribution in [2.24, 2.45) is 0 Å². The zero-order valence-electron chi connectivity index (χ0n) is 21.8. The second-order valence-corrected chi connectivity index (χ2v) is 8.70. The van der Waals surface area contributed by atoms with Crippen molar-refractivity contribution < 1.29 is 28.2 Å². The van der Waals surface area contributed by atoms with Crippen LogP contribution < -0.4 is 19.8 Å². The molecule has 5 rings (SSSR count). The van der Waals surface area contributed by atoms with Crippen LogP contribution in [0.4, 0.5) is 16.2 Å². The molecule has 1 aromatic heterocycles. The number of hydrogen-bond acceptors (Lipinski definition) is 7. The van der Waals surface area contributed by atoms with E-state index >= 15 is 0 Å². The standard InChI is InChI=1S/C32H25NO7/c1-3-37-31(35)22-14-16-25(17-15-22)39-30-21(2)38-28-20-26(18-19-27(28)29(30)34)40-32(36)33(23-10-6-4-7-11-23)24-12-8-5-9-13-24/h4-20H,3H2,1-2H3. The summed E-state index contributed by atoms with van der Waals surface area (Å²) in [5.74, 6) is 0.379. The Hall–Kier alpha value is -5.37. The molecule has 200 valence electrons. The molecule has 8 heteroatoms. The fraction of sp³-hybridized carbons (Fsp3) is 0.0938. The van der Waals surface area contributed by atoms with Crippen LogP contribution in [0.3, 0.4) is 0 Å². The van der Waals surface area contributed by atoms with Gasteiger partial charge in [0.05, 0.1) is 28.9 Å². The fourth-order valence-corrected chi connectivity index (χ4v) is 4.10. The number of fused-ring (bicyclic) bond motifs is 1. The lowest BCUT2D eigenvalue weighted by Crippen LogP contribution is -2.29. The van der Waals surface area contributed by atoms with E-state index in [1.54, 1.807) is 38.1 Å². The number of ether oxygens (including phenoxy) is 3. The zero-order valence-corrected chi connectivity index (χ0v) is 21.8. The molecule has 0 saturated heterocycles. The van der Waals surface area contributed by atoms with Gasteiger partial charge < -0.3 is 18.6 Å². The highest BCUT2D eigenvalue weighted by atomic mass is 16.6. The minimum atomic E-state index is -0.623. The third kappa shape index (κ3) is 5.56. The Morgan fingerprint density at radius 2 is 1.40 bits per heavy atom. The van der Waals surface area contributed by atoms with Crippen molar-refractivity contribution in [3.63, 3.8) is 0 Å². The topological polar surface area (TPSA) is 95.3 Å². The maximum Gasteiger partial charge on any atom is 0.424 e. The summed E-state index contributed by atoms with van der Waals surface area (Å²) in [6.07, 6.45) is -0.623. The van der Waals surface area contributed by atoms with E-state index in [9.17, 15) is 14.4 Å². The molecule has 0 aliphatic heterocycles. The van der Waals surface area contributed by atoms with Gasteiger partial charge in [0, 0.05) is 6.07 Å². The number of benzene rings is 4. The molecule has 0 saturated carbocycles. The van der Waals surface area contributed by atoms with Crippen molar-refractivity contribution >= 4 is 34.4 Å². The summed E-state index contributed by atoms with van der Waals surface area (Å²) >= 11 is 0. The predicted octanol–water partition coefficient (Wildman–Crippen LogP) is 7.41. The molecule has 0 aliphatic rings. The van der Waals surface area contributed by atoms with Gasteiger partial charge in [-0.15, -0.1) is 0 Å². The molecule has 0 spiro atoms. The highest BCUT2D eigenvalue weighted by Crippen LogP contribution is 2.30. The van der Waals surface area contributed by atoms with Crippen LogP contribution in [0.5, 0.6) is 17.2 Å². The van der Waals surface area contributed by atoms with Gasteiger partial charge >= 0.3 is 12.1 Å². The van der Waals surface area contributed by atoms with Gasteiger partial charge in [-0.05, 0) is 74.5 Å². The van der Waals surface area contributed by atoms with E-state index < -0.39 is 12.1 Å². The van der Waals surface area contributed by atoms with Gasteiger partial charge in [0.25, 0.3) is 0 Å². The van der Waals surface area contributed by atoms with Crippen molar-refractivity contribution in [2.75, 3.05) is 11.5 Å². The average molecular weight is 536 g/mol. The number of esters is 1. The summed E-state index contributed by atoms with van der Waals surface area (Å²) < 4.78 is 22.4. The Labute approximate surface area is 229 Å². The van der Waals surface area contributed by atoms with Crippen LogP contribution in [0, 0.1) is 6.92 Å². The summed E-state index contributed by atoms with van der Waals surface area (Å²) in [5.41, 5.74) is 1.50. The summed E-state index contributed by atoms with van der Waals surface area (Å²) in [7, 11) is 0. The van der Waals surface area contributed by atoms with Crippen LogP contribution in [0.25, 0.3) is 11.0 Å². The summed E-state index contributed by atoms with van der Waals surface area (Å²) in [6, 6.07) is 29.1. The molecule has 4 aromatic carbocycles. The van der Waals surface area contributed by atoms with E-state index in [-0.39, 0.29) is 40.3 Å². The third-order valence-electron chi connectivity index (χ3n) is 5.99. The van der Waals surface area contributed by atoms with Crippen LogP contribution in [-0.2, 0) is 4.74 Å². The van der Waals surface area contributed by atoms with Crippen LogP contribution in [0.1, 0.15) is 23.0 Å². The minimum Gasteiger partial charge on any atom is -0.462 e. The molecule has 0 fully saturated rings. The van der Waals surface area contributed by atoms with Crippen LogP contribution in [-0.4, -0.2) is 18.7 Å². The second kappa shape index (κ2) is 11.6. The van der Waals surface area contributed by atoms with Gasteiger partial charge in [0.2, 0.25) is 11.2 Å². The first-order valence-electron chi connectivity index (χ1n) is 12.6. The van der Waals surface area contributed by atoms with Crippen molar-refractivity contribution in [1.29, 1.82) is 0 Å². The lowest BCUT2D eigenvalue weighted by molar-refractivity contribution is 0.0526. The minimum absolute atomic E-state index is 0.0143. The molecule has 5 aromatic rings. The Morgan fingerprint density at radius 1 is 0.800 bits per heavy atom. The number of para-hydroxylation sites is 2. The van der Waals surface area contributed by atoms with Crippen LogP contribution in [0.2, 0.25) is 0 Å². The van der Waals surface area contributed by atoms with Gasteiger partial charge in [-0.25, -0.2) is 14.5 Å². The second-order valence-electron chi connectivity index (χ2n) is 8.70. The van der Waals surface area contributed by atoms with E-state index in [4.69, 9.17) is 18.6 Å². The molecule has 0 radical (unpaired) electrons. The molecule has 0 aliphatic carbocycles. The average Bonchev–Trinajstić information content (AvgIpc) is 2.97. The lowest BCUT2D eigenvalue weighted by Gasteiger charge is -2.22. The molecule has 8 nitrogen and oxygen atoms in total. The predicted molar refractivity (Wildman–Crippen MR) is 151 cm³/mol. The van der Waals surface area contributed by atoms with E-state index in [0.717, 1.165) is 0 Å². The smallest absolute Gasteiger partial charge is 0.424 e. The molecular weight excluding hydrogens is 510 g/mol. The molecule has 0 atom stereocenters. The van der Waals surface area contributed by atoms with Crippen LogP contribution in [0.15, 0.2) is 112 Å². The Bertz CT molecular complexity index is 1670. The van der Waals surface area contributed by atoms with Crippen molar-refractivity contribution in [3.05, 3.63) is 125 Å². The first kappa shape index (κ1) is 26.2. The Kier molecular flexibility index (Phi) is 7.59. The summed E-state index contributed by atoms with van der Waals surface area (Å²) in [6.45, 7) is 3.61.